The Hall–Kier alpha value is -4.52. The predicted molar refractivity (Wildman–Crippen MR) is 132 cm³/mol. The SMILES string of the molecule is Cc1nnc(CNC(=O)[C@@H](NC(=O)c2nn(Cc3ccc(C#N)cc3)c3ccccc23)C(C)(C)C)o1. The van der Waals surface area contributed by atoms with Gasteiger partial charge in [0.2, 0.25) is 17.7 Å². The van der Waals surface area contributed by atoms with Crippen molar-refractivity contribution in [3.63, 3.8) is 0 Å². The molecule has 0 saturated carbocycles. The van der Waals surface area contributed by atoms with Gasteiger partial charge < -0.3 is 15.1 Å². The smallest absolute Gasteiger partial charge is 0.273 e. The summed E-state index contributed by atoms with van der Waals surface area (Å²) in [6, 6.07) is 15.9. The van der Waals surface area contributed by atoms with Crippen LogP contribution in [0.4, 0.5) is 0 Å². The highest BCUT2D eigenvalue weighted by molar-refractivity contribution is 6.06. The van der Waals surface area contributed by atoms with E-state index in [1.807, 2.05) is 57.2 Å². The number of carbonyl (C=O) groups excluding carboxylic acids is 2. The van der Waals surface area contributed by atoms with E-state index in [0.29, 0.717) is 23.4 Å². The van der Waals surface area contributed by atoms with E-state index in [2.05, 4.69) is 32.0 Å². The van der Waals surface area contributed by atoms with E-state index in [1.54, 1.807) is 23.7 Å². The van der Waals surface area contributed by atoms with Crippen LogP contribution in [-0.2, 0) is 17.9 Å². The minimum Gasteiger partial charge on any atom is -0.424 e. The van der Waals surface area contributed by atoms with Crippen LogP contribution in [0.1, 0.15) is 54.2 Å². The maximum atomic E-state index is 13.4. The Morgan fingerprint density at radius 2 is 1.83 bits per heavy atom. The van der Waals surface area contributed by atoms with Crippen LogP contribution in [-0.4, -0.2) is 37.8 Å². The van der Waals surface area contributed by atoms with Gasteiger partial charge in [-0.1, -0.05) is 51.1 Å². The molecule has 0 aliphatic heterocycles. The average molecular weight is 486 g/mol. The molecule has 10 nitrogen and oxygen atoms in total. The highest BCUT2D eigenvalue weighted by Gasteiger charge is 2.34. The quantitative estimate of drug-likeness (QED) is 0.410. The van der Waals surface area contributed by atoms with Crippen molar-refractivity contribution in [2.24, 2.45) is 5.41 Å². The maximum absolute atomic E-state index is 13.4. The number of aromatic nitrogens is 4. The number of aryl methyl sites for hydroxylation is 1. The van der Waals surface area contributed by atoms with Gasteiger partial charge >= 0.3 is 0 Å². The molecule has 0 radical (unpaired) electrons. The zero-order valence-corrected chi connectivity index (χ0v) is 20.6. The first-order chi connectivity index (χ1) is 17.2. The van der Waals surface area contributed by atoms with Crippen molar-refractivity contribution in [2.45, 2.75) is 46.8 Å². The summed E-state index contributed by atoms with van der Waals surface area (Å²) >= 11 is 0. The fraction of sp³-hybridized carbons (Fsp3) is 0.308. The molecule has 4 aromatic rings. The molecule has 2 heterocycles. The second-order valence-corrected chi connectivity index (χ2v) is 9.54. The topological polar surface area (TPSA) is 139 Å². The van der Waals surface area contributed by atoms with E-state index >= 15 is 0 Å². The van der Waals surface area contributed by atoms with E-state index in [1.165, 1.54) is 0 Å². The lowest BCUT2D eigenvalue weighted by atomic mass is 9.86. The van der Waals surface area contributed by atoms with E-state index in [0.717, 1.165) is 11.1 Å². The lowest BCUT2D eigenvalue weighted by Gasteiger charge is -2.30. The van der Waals surface area contributed by atoms with Crippen molar-refractivity contribution < 1.29 is 14.0 Å². The molecule has 0 unspecified atom stereocenters. The van der Waals surface area contributed by atoms with Crippen molar-refractivity contribution in [1.29, 1.82) is 5.26 Å². The molecular weight excluding hydrogens is 458 g/mol. The van der Waals surface area contributed by atoms with E-state index < -0.39 is 17.4 Å². The molecule has 0 aliphatic carbocycles. The number of carbonyl (C=O) groups is 2. The van der Waals surface area contributed by atoms with Gasteiger partial charge in [0.1, 0.15) is 6.04 Å². The average Bonchev–Trinajstić information content (AvgIpc) is 3.44. The summed E-state index contributed by atoms with van der Waals surface area (Å²) in [5.74, 6) is -0.128. The summed E-state index contributed by atoms with van der Waals surface area (Å²) < 4.78 is 7.06. The van der Waals surface area contributed by atoms with Gasteiger partial charge in [-0.05, 0) is 29.2 Å². The highest BCUT2D eigenvalue weighted by Crippen LogP contribution is 2.23. The van der Waals surface area contributed by atoms with E-state index in [4.69, 9.17) is 9.68 Å². The number of rotatable bonds is 7. The van der Waals surface area contributed by atoms with Crippen molar-refractivity contribution in [2.75, 3.05) is 0 Å². The fourth-order valence-electron chi connectivity index (χ4n) is 3.82. The first-order valence-corrected chi connectivity index (χ1v) is 11.5. The minimum absolute atomic E-state index is 0.0598. The monoisotopic (exact) mass is 485 g/mol. The summed E-state index contributed by atoms with van der Waals surface area (Å²) in [5, 5.41) is 27.6. The van der Waals surface area contributed by atoms with Crippen LogP contribution in [0.5, 0.6) is 0 Å². The Balaban J connectivity index is 1.56. The van der Waals surface area contributed by atoms with Crippen molar-refractivity contribution in [3.8, 4) is 6.07 Å². The molecular formula is C26H27N7O3. The standard InChI is InChI=1S/C26H27N7O3/c1-16-30-31-21(36-16)14-28-25(35)23(26(2,3)4)29-24(34)22-19-7-5-6-8-20(19)33(32-22)15-18-11-9-17(13-27)10-12-18/h5-12,23H,14-15H2,1-4H3,(H,28,35)(H,29,34)/t23-/m1/s1. The third-order valence-electron chi connectivity index (χ3n) is 5.67. The molecule has 0 bridgehead atoms. The number of hydrogen-bond acceptors (Lipinski definition) is 7. The van der Waals surface area contributed by atoms with E-state index in [9.17, 15) is 9.59 Å². The summed E-state index contributed by atoms with van der Waals surface area (Å²) in [7, 11) is 0. The molecule has 0 fully saturated rings. The first-order valence-electron chi connectivity index (χ1n) is 11.5. The number of benzene rings is 2. The minimum atomic E-state index is -0.837. The van der Waals surface area contributed by atoms with Crippen LogP contribution in [0, 0.1) is 23.7 Å². The Labute approximate surface area is 208 Å². The summed E-state index contributed by atoms with van der Waals surface area (Å²) in [6.07, 6.45) is 0. The van der Waals surface area contributed by atoms with Gasteiger partial charge in [0, 0.05) is 12.3 Å². The molecule has 2 aromatic carbocycles. The Morgan fingerprint density at radius 3 is 2.47 bits per heavy atom. The van der Waals surface area contributed by atoms with Gasteiger partial charge in [0.05, 0.1) is 30.2 Å². The van der Waals surface area contributed by atoms with Crippen LogP contribution < -0.4 is 10.6 Å². The molecule has 2 aromatic heterocycles. The van der Waals surface area contributed by atoms with Crippen LogP contribution in [0.25, 0.3) is 10.9 Å². The van der Waals surface area contributed by atoms with Gasteiger partial charge in [0.25, 0.3) is 5.91 Å². The summed E-state index contributed by atoms with van der Waals surface area (Å²) in [5.41, 5.74) is 1.96. The van der Waals surface area contributed by atoms with Gasteiger partial charge in [0.15, 0.2) is 5.69 Å². The lowest BCUT2D eigenvalue weighted by molar-refractivity contribution is -0.125. The van der Waals surface area contributed by atoms with Crippen LogP contribution in [0.15, 0.2) is 52.9 Å². The Bertz CT molecular complexity index is 1440. The number of fused-ring (bicyclic) bond motifs is 1. The molecule has 0 saturated heterocycles. The van der Waals surface area contributed by atoms with Gasteiger partial charge in [-0.25, -0.2) is 0 Å². The molecule has 36 heavy (non-hydrogen) atoms. The molecule has 2 N–H and O–H groups in total. The highest BCUT2D eigenvalue weighted by atomic mass is 16.4. The van der Waals surface area contributed by atoms with E-state index in [-0.39, 0.29) is 24.0 Å². The third kappa shape index (κ3) is 5.41. The number of nitrogens with zero attached hydrogens (tertiary/aromatic N) is 5. The maximum Gasteiger partial charge on any atom is 0.273 e. The Kier molecular flexibility index (Phi) is 6.83. The molecule has 184 valence electrons. The normalized spacial score (nSPS) is 12.2. The van der Waals surface area contributed by atoms with Crippen molar-refractivity contribution in [1.82, 2.24) is 30.6 Å². The second-order valence-electron chi connectivity index (χ2n) is 9.54. The number of nitriles is 1. The zero-order chi connectivity index (χ0) is 25.9. The molecule has 0 spiro atoms. The number of nitrogens with one attached hydrogen (secondary N) is 2. The first kappa shape index (κ1) is 24.6. The molecule has 0 aliphatic rings. The Morgan fingerprint density at radius 1 is 1.11 bits per heavy atom. The van der Waals surface area contributed by atoms with Gasteiger partial charge in [-0.3, -0.25) is 14.3 Å². The molecule has 1 atom stereocenters. The molecule has 2 amide bonds. The third-order valence-corrected chi connectivity index (χ3v) is 5.67. The number of hydrogen-bond donors (Lipinski definition) is 2. The number of amides is 2. The van der Waals surface area contributed by atoms with Gasteiger partial charge in [-0.2, -0.15) is 10.4 Å². The zero-order valence-electron chi connectivity index (χ0n) is 20.6. The molecule has 10 heteroatoms. The van der Waals surface area contributed by atoms with Crippen molar-refractivity contribution in [3.05, 3.63) is 77.1 Å². The second kappa shape index (κ2) is 10.00. The number of para-hydroxylation sites is 1. The fourth-order valence-corrected chi connectivity index (χ4v) is 3.82. The van der Waals surface area contributed by atoms with Crippen LogP contribution in [0.2, 0.25) is 0 Å². The molecule has 4 rings (SSSR count). The van der Waals surface area contributed by atoms with Gasteiger partial charge in [-0.15, -0.1) is 10.2 Å². The van der Waals surface area contributed by atoms with Crippen LogP contribution in [0.3, 0.4) is 0 Å². The lowest BCUT2D eigenvalue weighted by Crippen LogP contribution is -2.53. The predicted octanol–water partition coefficient (Wildman–Crippen LogP) is 3.11. The largest absolute Gasteiger partial charge is 0.424 e. The summed E-state index contributed by atoms with van der Waals surface area (Å²) in [4.78, 5) is 26.4. The summed E-state index contributed by atoms with van der Waals surface area (Å²) in [6.45, 7) is 7.76. The van der Waals surface area contributed by atoms with Crippen molar-refractivity contribution >= 4 is 22.7 Å². The van der Waals surface area contributed by atoms with Crippen LogP contribution >= 0.6 is 0 Å².